The van der Waals surface area contributed by atoms with E-state index in [1.165, 1.54) is 0 Å². The Morgan fingerprint density at radius 2 is 1.50 bits per heavy atom. The first-order valence-electron chi connectivity index (χ1n) is 5.50. The number of hydrogen-bond acceptors (Lipinski definition) is 6. The highest BCUT2D eigenvalue weighted by molar-refractivity contribution is 4.75. The molecule has 0 spiro atoms. The fraction of sp³-hybridized carbons (Fsp3) is 1.00. The third kappa shape index (κ3) is 7.10. The molecule has 0 saturated carbocycles. The Morgan fingerprint density at radius 3 is 2.00 bits per heavy atom. The summed E-state index contributed by atoms with van der Waals surface area (Å²) in [6.07, 6.45) is -1.34. The molecule has 0 fully saturated rings. The maximum Gasteiger partial charge on any atom is 0.189 e. The maximum absolute atomic E-state index is 9.46. The van der Waals surface area contributed by atoms with Crippen molar-refractivity contribution in [2.45, 2.75) is 56.7 Å². The molecule has 0 saturated heterocycles. The molecule has 16 heavy (non-hydrogen) atoms. The van der Waals surface area contributed by atoms with Gasteiger partial charge in [-0.15, -0.1) is 0 Å². The van der Waals surface area contributed by atoms with Gasteiger partial charge in [-0.25, -0.2) is 0 Å². The van der Waals surface area contributed by atoms with Crippen molar-refractivity contribution < 1.29 is 30.6 Å². The Hall–Kier alpha value is -0.240. The molecule has 0 aliphatic heterocycles. The van der Waals surface area contributed by atoms with Crippen molar-refractivity contribution in [3.05, 3.63) is 0 Å². The molecule has 0 heterocycles. The molecule has 0 aliphatic carbocycles. The van der Waals surface area contributed by atoms with Crippen LogP contribution in [-0.2, 0) is 0 Å². The third-order valence-electron chi connectivity index (χ3n) is 2.44. The zero-order chi connectivity index (χ0) is 12.6. The van der Waals surface area contributed by atoms with Gasteiger partial charge in [0.15, 0.2) is 12.1 Å². The van der Waals surface area contributed by atoms with Gasteiger partial charge in [-0.05, 0) is 12.8 Å². The van der Waals surface area contributed by atoms with Crippen LogP contribution in [0.15, 0.2) is 0 Å². The van der Waals surface area contributed by atoms with Crippen LogP contribution in [0.4, 0.5) is 0 Å². The van der Waals surface area contributed by atoms with Gasteiger partial charge in [-0.2, -0.15) is 0 Å². The topological polar surface area (TPSA) is 121 Å². The van der Waals surface area contributed by atoms with Crippen molar-refractivity contribution >= 4 is 0 Å². The van der Waals surface area contributed by atoms with Crippen LogP contribution in [0.2, 0.25) is 0 Å². The monoisotopic (exact) mass is 238 g/mol. The van der Waals surface area contributed by atoms with Crippen molar-refractivity contribution in [3.8, 4) is 0 Å². The zero-order valence-corrected chi connectivity index (χ0v) is 9.29. The van der Waals surface area contributed by atoms with Gasteiger partial charge in [0.05, 0.1) is 0 Å². The molecule has 6 N–H and O–H groups in total. The second-order valence-electron chi connectivity index (χ2n) is 3.99. The Kier molecular flexibility index (Phi) is 7.82. The van der Waals surface area contributed by atoms with Crippen molar-refractivity contribution in [3.63, 3.8) is 0 Å². The highest BCUT2D eigenvalue weighted by atomic mass is 16.5. The van der Waals surface area contributed by atoms with E-state index in [1.807, 2.05) is 0 Å². The van der Waals surface area contributed by atoms with E-state index in [0.29, 0.717) is 19.3 Å². The first-order chi connectivity index (χ1) is 7.40. The minimum Gasteiger partial charge on any atom is -0.396 e. The summed E-state index contributed by atoms with van der Waals surface area (Å²) < 4.78 is 0. The predicted octanol–water partition coefficient (Wildman–Crippen LogP) is -1.33. The van der Waals surface area contributed by atoms with Gasteiger partial charge in [0.1, 0.15) is 6.10 Å². The molecule has 6 heteroatoms. The van der Waals surface area contributed by atoms with Gasteiger partial charge >= 0.3 is 0 Å². The summed E-state index contributed by atoms with van der Waals surface area (Å²) in [5.74, 6) is -2.29. The van der Waals surface area contributed by atoms with E-state index in [4.69, 9.17) is 15.3 Å². The Bertz CT molecular complexity index is 171. The van der Waals surface area contributed by atoms with Crippen LogP contribution in [0, 0.1) is 0 Å². The van der Waals surface area contributed by atoms with E-state index >= 15 is 0 Å². The lowest BCUT2D eigenvalue weighted by Crippen LogP contribution is -2.42. The Balaban J connectivity index is 3.80. The van der Waals surface area contributed by atoms with Crippen LogP contribution in [0.5, 0.6) is 0 Å². The summed E-state index contributed by atoms with van der Waals surface area (Å²) in [5, 5.41) is 54.0. The van der Waals surface area contributed by atoms with Crippen LogP contribution >= 0.6 is 0 Å². The van der Waals surface area contributed by atoms with E-state index in [9.17, 15) is 15.3 Å². The number of aliphatic hydroxyl groups is 6. The zero-order valence-electron chi connectivity index (χ0n) is 9.29. The number of aliphatic hydroxyl groups excluding tert-OH is 3. The van der Waals surface area contributed by atoms with Crippen molar-refractivity contribution in [1.82, 2.24) is 0 Å². The summed E-state index contributed by atoms with van der Waals surface area (Å²) in [5.41, 5.74) is 0. The largest absolute Gasteiger partial charge is 0.396 e. The minimum absolute atomic E-state index is 0.0796. The highest BCUT2D eigenvalue weighted by Gasteiger charge is 2.32. The molecule has 0 bridgehead atoms. The van der Waals surface area contributed by atoms with Crippen LogP contribution < -0.4 is 0 Å². The number of rotatable bonds is 9. The van der Waals surface area contributed by atoms with Gasteiger partial charge in [0.2, 0.25) is 0 Å². The second-order valence-corrected chi connectivity index (χ2v) is 3.99. The van der Waals surface area contributed by atoms with Gasteiger partial charge in [0.25, 0.3) is 0 Å². The summed E-state index contributed by atoms with van der Waals surface area (Å²) in [4.78, 5) is 0. The molecular weight excluding hydrogens is 216 g/mol. The third-order valence-corrected chi connectivity index (χ3v) is 2.44. The van der Waals surface area contributed by atoms with Gasteiger partial charge in [0, 0.05) is 19.4 Å². The molecule has 0 amide bonds. The second kappa shape index (κ2) is 7.94. The summed E-state index contributed by atoms with van der Waals surface area (Å²) in [6, 6.07) is 0. The van der Waals surface area contributed by atoms with Crippen LogP contribution in [-0.4, -0.2) is 55.4 Å². The molecule has 0 aromatic rings. The number of unbranched alkanes of at least 4 members (excludes halogenated alkanes) is 2. The summed E-state index contributed by atoms with van der Waals surface area (Å²) in [7, 11) is 0. The first-order valence-corrected chi connectivity index (χ1v) is 5.50. The van der Waals surface area contributed by atoms with E-state index in [-0.39, 0.29) is 25.9 Å². The minimum atomic E-state index is -2.29. The lowest BCUT2D eigenvalue weighted by atomic mass is 9.99. The average molecular weight is 238 g/mol. The lowest BCUT2D eigenvalue weighted by Gasteiger charge is -2.27. The highest BCUT2D eigenvalue weighted by Crippen LogP contribution is 2.19. The lowest BCUT2D eigenvalue weighted by molar-refractivity contribution is -0.237. The average Bonchev–Trinajstić information content (AvgIpc) is 2.21. The van der Waals surface area contributed by atoms with E-state index in [0.717, 1.165) is 0 Å². The van der Waals surface area contributed by atoms with Gasteiger partial charge < -0.3 is 30.6 Å². The van der Waals surface area contributed by atoms with Crippen molar-refractivity contribution in [1.29, 1.82) is 0 Å². The van der Waals surface area contributed by atoms with E-state index in [2.05, 4.69) is 0 Å². The van der Waals surface area contributed by atoms with E-state index < -0.39 is 18.2 Å². The fourth-order valence-electron chi connectivity index (χ4n) is 1.37. The maximum atomic E-state index is 9.46. The smallest absolute Gasteiger partial charge is 0.189 e. The molecule has 1 atom stereocenters. The molecule has 0 aromatic carbocycles. The van der Waals surface area contributed by atoms with Crippen molar-refractivity contribution in [2.75, 3.05) is 6.61 Å². The van der Waals surface area contributed by atoms with Crippen molar-refractivity contribution in [2.24, 2.45) is 0 Å². The Labute approximate surface area is 94.8 Å². The fourth-order valence-corrected chi connectivity index (χ4v) is 1.37. The standard InChI is InChI=1S/C10H22O6/c11-7-3-1-2-4-8(12)10(15,16)6-5-9(13)14/h8-9,11-16H,1-7H2. The van der Waals surface area contributed by atoms with Gasteiger partial charge in [-0.3, -0.25) is 0 Å². The quantitative estimate of drug-likeness (QED) is 0.219. The van der Waals surface area contributed by atoms with E-state index in [1.54, 1.807) is 0 Å². The molecular formula is C10H22O6. The summed E-state index contributed by atoms with van der Waals surface area (Å²) >= 11 is 0. The normalized spacial score (nSPS) is 14.4. The molecule has 98 valence electrons. The molecule has 1 unspecified atom stereocenters. The molecule has 6 nitrogen and oxygen atoms in total. The van der Waals surface area contributed by atoms with Crippen LogP contribution in [0.3, 0.4) is 0 Å². The Morgan fingerprint density at radius 1 is 0.875 bits per heavy atom. The number of hydrogen-bond donors (Lipinski definition) is 6. The van der Waals surface area contributed by atoms with Gasteiger partial charge in [-0.1, -0.05) is 12.8 Å². The summed E-state index contributed by atoms with van der Waals surface area (Å²) in [6.45, 7) is 0.0796. The predicted molar refractivity (Wildman–Crippen MR) is 56.2 cm³/mol. The molecule has 0 aromatic heterocycles. The molecule has 0 aliphatic rings. The first kappa shape index (κ1) is 15.8. The SMILES string of the molecule is OCCCCCC(O)C(O)(O)CCC(O)O. The van der Waals surface area contributed by atoms with Crippen LogP contribution in [0.25, 0.3) is 0 Å². The molecule has 0 rings (SSSR count). The van der Waals surface area contributed by atoms with Crippen LogP contribution in [0.1, 0.15) is 38.5 Å². The molecule has 0 radical (unpaired) electrons.